The number of aliphatic carboxylic acids is 1. The van der Waals surface area contributed by atoms with E-state index < -0.39 is 11.9 Å². The summed E-state index contributed by atoms with van der Waals surface area (Å²) in [6, 6.07) is 5.18. The minimum atomic E-state index is -0.852. The maximum Gasteiger partial charge on any atom is 0.308 e. The predicted molar refractivity (Wildman–Crippen MR) is 74.0 cm³/mol. The largest absolute Gasteiger partial charge is 0.483 e. The number of ether oxygens (including phenoxy) is 1. The first kappa shape index (κ1) is 14.7. The third-order valence-corrected chi connectivity index (χ3v) is 3.61. The lowest BCUT2D eigenvalue weighted by Gasteiger charge is -2.16. The number of carboxylic acid groups (broad SMARTS) is 1. The van der Waals surface area contributed by atoms with Crippen molar-refractivity contribution in [2.24, 2.45) is 5.92 Å². The van der Waals surface area contributed by atoms with Gasteiger partial charge in [-0.1, -0.05) is 11.6 Å². The van der Waals surface area contributed by atoms with Crippen LogP contribution in [0, 0.1) is 12.8 Å². The van der Waals surface area contributed by atoms with E-state index >= 15 is 0 Å². The van der Waals surface area contributed by atoms with Gasteiger partial charge < -0.3 is 14.7 Å². The molecule has 1 N–H and O–H groups in total. The zero-order valence-corrected chi connectivity index (χ0v) is 11.9. The summed E-state index contributed by atoms with van der Waals surface area (Å²) in [6.45, 7) is 2.49. The van der Waals surface area contributed by atoms with E-state index in [2.05, 4.69) is 0 Å². The Labute approximate surface area is 122 Å². The maximum atomic E-state index is 11.9. The molecule has 0 bridgehead atoms. The fourth-order valence-electron chi connectivity index (χ4n) is 2.19. The number of nitrogens with zero attached hydrogens (tertiary/aromatic N) is 1. The average Bonchev–Trinajstić information content (AvgIpc) is 2.87. The van der Waals surface area contributed by atoms with E-state index in [1.54, 1.807) is 18.2 Å². The first-order chi connectivity index (χ1) is 9.47. The van der Waals surface area contributed by atoms with Crippen LogP contribution < -0.4 is 4.74 Å². The fourth-order valence-corrected chi connectivity index (χ4v) is 2.42. The number of likely N-dealkylation sites (tertiary alicyclic amines) is 1. The molecule has 5 nitrogen and oxygen atoms in total. The second-order valence-corrected chi connectivity index (χ2v) is 5.30. The molecule has 0 unspecified atom stereocenters. The van der Waals surface area contributed by atoms with Crippen molar-refractivity contribution in [3.63, 3.8) is 0 Å². The van der Waals surface area contributed by atoms with Crippen molar-refractivity contribution in [1.82, 2.24) is 4.90 Å². The molecule has 0 radical (unpaired) electrons. The number of carboxylic acids is 1. The molecule has 108 valence electrons. The number of hydrogen-bond acceptors (Lipinski definition) is 3. The third-order valence-electron chi connectivity index (χ3n) is 3.38. The molecule has 1 aliphatic rings. The van der Waals surface area contributed by atoms with Crippen LogP contribution in [0.25, 0.3) is 0 Å². The SMILES string of the molecule is Cc1cc(Cl)ccc1OCC(=O)N1CC[C@H](C(=O)O)C1. The van der Waals surface area contributed by atoms with E-state index in [-0.39, 0.29) is 19.1 Å². The summed E-state index contributed by atoms with van der Waals surface area (Å²) in [6.07, 6.45) is 0.501. The minimum absolute atomic E-state index is 0.0885. The first-order valence-corrected chi connectivity index (χ1v) is 6.74. The van der Waals surface area contributed by atoms with Crippen LogP contribution in [0.2, 0.25) is 5.02 Å². The Morgan fingerprint density at radius 1 is 1.50 bits per heavy atom. The number of hydrogen-bond donors (Lipinski definition) is 1. The summed E-state index contributed by atoms with van der Waals surface area (Å²) in [5.74, 6) is -0.897. The number of amides is 1. The normalized spacial score (nSPS) is 18.1. The molecule has 1 amide bonds. The molecule has 2 rings (SSSR count). The van der Waals surface area contributed by atoms with Gasteiger partial charge in [-0.05, 0) is 37.1 Å². The van der Waals surface area contributed by atoms with Gasteiger partial charge in [0.1, 0.15) is 5.75 Å². The molecule has 1 atom stereocenters. The van der Waals surface area contributed by atoms with Gasteiger partial charge in [0.15, 0.2) is 6.61 Å². The van der Waals surface area contributed by atoms with Gasteiger partial charge in [0.2, 0.25) is 0 Å². The number of rotatable bonds is 4. The molecule has 1 aromatic carbocycles. The van der Waals surface area contributed by atoms with Crippen molar-refractivity contribution >= 4 is 23.5 Å². The molecule has 0 saturated carbocycles. The molecule has 0 aliphatic carbocycles. The number of benzene rings is 1. The van der Waals surface area contributed by atoms with Crippen LogP contribution in [0.15, 0.2) is 18.2 Å². The van der Waals surface area contributed by atoms with Gasteiger partial charge in [-0.25, -0.2) is 0 Å². The van der Waals surface area contributed by atoms with Crippen molar-refractivity contribution in [3.8, 4) is 5.75 Å². The van der Waals surface area contributed by atoms with Crippen LogP contribution in [0.4, 0.5) is 0 Å². The molecule has 0 spiro atoms. The maximum absolute atomic E-state index is 11.9. The van der Waals surface area contributed by atoms with Crippen LogP contribution >= 0.6 is 11.6 Å². The highest BCUT2D eigenvalue weighted by Gasteiger charge is 2.30. The van der Waals surface area contributed by atoms with Crippen molar-refractivity contribution in [1.29, 1.82) is 0 Å². The van der Waals surface area contributed by atoms with Gasteiger partial charge >= 0.3 is 5.97 Å². The summed E-state index contributed by atoms with van der Waals surface area (Å²) in [4.78, 5) is 24.3. The molecule has 6 heteroatoms. The van der Waals surface area contributed by atoms with Gasteiger partial charge in [-0.15, -0.1) is 0 Å². The topological polar surface area (TPSA) is 66.8 Å². The van der Waals surface area contributed by atoms with Crippen LogP contribution in [0.3, 0.4) is 0 Å². The molecule has 1 saturated heterocycles. The Morgan fingerprint density at radius 3 is 2.85 bits per heavy atom. The average molecular weight is 298 g/mol. The van der Waals surface area contributed by atoms with E-state index in [0.29, 0.717) is 23.7 Å². The summed E-state index contributed by atoms with van der Waals surface area (Å²) in [7, 11) is 0. The van der Waals surface area contributed by atoms with Crippen molar-refractivity contribution in [2.75, 3.05) is 19.7 Å². The molecule has 1 aromatic rings. The number of carbonyl (C=O) groups is 2. The third kappa shape index (κ3) is 3.42. The van der Waals surface area contributed by atoms with E-state index in [1.807, 2.05) is 6.92 Å². The summed E-state index contributed by atoms with van der Waals surface area (Å²) >= 11 is 5.84. The van der Waals surface area contributed by atoms with Gasteiger partial charge in [-0.3, -0.25) is 9.59 Å². The molecule has 1 fully saturated rings. The highest BCUT2D eigenvalue weighted by atomic mass is 35.5. The Kier molecular flexibility index (Phi) is 4.49. The molecular formula is C14H16ClNO4. The fraction of sp³-hybridized carbons (Fsp3) is 0.429. The number of carbonyl (C=O) groups excluding carboxylic acids is 1. The highest BCUT2D eigenvalue weighted by Crippen LogP contribution is 2.22. The first-order valence-electron chi connectivity index (χ1n) is 6.37. The molecule has 0 aromatic heterocycles. The lowest BCUT2D eigenvalue weighted by molar-refractivity contribution is -0.141. The van der Waals surface area contributed by atoms with E-state index in [0.717, 1.165) is 5.56 Å². The summed E-state index contributed by atoms with van der Waals surface area (Å²) in [5, 5.41) is 9.52. The Morgan fingerprint density at radius 2 is 2.25 bits per heavy atom. The highest BCUT2D eigenvalue weighted by molar-refractivity contribution is 6.30. The molecule has 1 aliphatic heterocycles. The second kappa shape index (κ2) is 6.13. The Hall–Kier alpha value is -1.75. The zero-order valence-electron chi connectivity index (χ0n) is 11.1. The standard InChI is InChI=1S/C14H16ClNO4/c1-9-6-11(15)2-3-12(9)20-8-13(17)16-5-4-10(7-16)14(18)19/h2-3,6,10H,4-5,7-8H2,1H3,(H,18,19)/t10-/m0/s1. The monoisotopic (exact) mass is 297 g/mol. The Balaban J connectivity index is 1.88. The van der Waals surface area contributed by atoms with Gasteiger partial charge in [0.25, 0.3) is 5.91 Å². The molecule has 1 heterocycles. The zero-order chi connectivity index (χ0) is 14.7. The van der Waals surface area contributed by atoms with Gasteiger partial charge in [-0.2, -0.15) is 0 Å². The lowest BCUT2D eigenvalue weighted by Crippen LogP contribution is -2.33. The van der Waals surface area contributed by atoms with Crippen molar-refractivity contribution in [2.45, 2.75) is 13.3 Å². The van der Waals surface area contributed by atoms with Gasteiger partial charge in [0, 0.05) is 18.1 Å². The van der Waals surface area contributed by atoms with Crippen LogP contribution in [0.1, 0.15) is 12.0 Å². The van der Waals surface area contributed by atoms with Crippen LogP contribution in [-0.2, 0) is 9.59 Å². The van der Waals surface area contributed by atoms with Crippen molar-refractivity contribution < 1.29 is 19.4 Å². The quantitative estimate of drug-likeness (QED) is 0.922. The summed E-state index contributed by atoms with van der Waals surface area (Å²) in [5.41, 5.74) is 0.857. The second-order valence-electron chi connectivity index (χ2n) is 4.86. The molecule has 20 heavy (non-hydrogen) atoms. The van der Waals surface area contributed by atoms with E-state index in [1.165, 1.54) is 4.90 Å². The smallest absolute Gasteiger partial charge is 0.308 e. The molecular weight excluding hydrogens is 282 g/mol. The van der Waals surface area contributed by atoms with Crippen LogP contribution in [0.5, 0.6) is 5.75 Å². The summed E-state index contributed by atoms with van der Waals surface area (Å²) < 4.78 is 5.46. The number of aryl methyl sites for hydroxylation is 1. The van der Waals surface area contributed by atoms with E-state index in [4.69, 9.17) is 21.4 Å². The van der Waals surface area contributed by atoms with Gasteiger partial charge in [0.05, 0.1) is 5.92 Å². The predicted octanol–water partition coefficient (Wildman–Crippen LogP) is 1.96. The minimum Gasteiger partial charge on any atom is -0.483 e. The van der Waals surface area contributed by atoms with Crippen LogP contribution in [-0.4, -0.2) is 41.6 Å². The number of halogens is 1. The van der Waals surface area contributed by atoms with E-state index in [9.17, 15) is 9.59 Å². The lowest BCUT2D eigenvalue weighted by atomic mass is 10.1. The Bertz CT molecular complexity index is 532. The van der Waals surface area contributed by atoms with Crippen molar-refractivity contribution in [3.05, 3.63) is 28.8 Å².